The van der Waals surface area contributed by atoms with Crippen molar-refractivity contribution in [1.82, 2.24) is 10.6 Å². The van der Waals surface area contributed by atoms with Crippen molar-refractivity contribution < 1.29 is 19.2 Å². The van der Waals surface area contributed by atoms with Crippen molar-refractivity contribution in [2.45, 2.75) is 85.7 Å². The highest BCUT2D eigenvalue weighted by atomic mass is 16.2. The lowest BCUT2D eigenvalue weighted by Gasteiger charge is -2.30. The molecule has 33 heavy (non-hydrogen) atoms. The molecule has 7 nitrogen and oxygen atoms in total. The van der Waals surface area contributed by atoms with Crippen LogP contribution in [-0.4, -0.2) is 42.0 Å². The molecular weight excluding hydrogens is 418 g/mol. The van der Waals surface area contributed by atoms with Crippen molar-refractivity contribution in [3.8, 4) is 0 Å². The molecule has 0 bridgehead atoms. The van der Waals surface area contributed by atoms with E-state index in [0.29, 0.717) is 25.7 Å². The molecule has 7 heteroatoms. The predicted molar refractivity (Wildman–Crippen MR) is 129 cm³/mol. The van der Waals surface area contributed by atoms with Gasteiger partial charge in [0.1, 0.15) is 0 Å². The van der Waals surface area contributed by atoms with Crippen molar-refractivity contribution in [1.29, 1.82) is 0 Å². The zero-order chi connectivity index (χ0) is 25.1. The number of amides is 2. The standard InChI is InChI=1S/C26H43N3O4/c1-8-10-18(21(31)24(33)28-13-9-2)29-23(32)16-12-11-15(14-17-19(16)26(17,6)7)20(30)22(27)25(3,4)5/h9,15-19,22H,2,8,10-14,27H2,1,3-7H3,(H,28,33)(H,29,32)/t15-,16-,17-,18?,19+,22+/m0/s1. The number of ketones is 2. The number of Topliss-reactive ketones (excluding diaryl/α,β-unsaturated/α-hetero) is 2. The largest absolute Gasteiger partial charge is 0.346 e. The van der Waals surface area contributed by atoms with Gasteiger partial charge in [0.2, 0.25) is 11.7 Å². The fourth-order valence-corrected chi connectivity index (χ4v) is 5.50. The van der Waals surface area contributed by atoms with E-state index in [-0.39, 0.29) is 52.7 Å². The molecule has 0 aromatic heterocycles. The summed E-state index contributed by atoms with van der Waals surface area (Å²) < 4.78 is 0. The molecule has 2 amide bonds. The van der Waals surface area contributed by atoms with Gasteiger partial charge in [-0.2, -0.15) is 0 Å². The summed E-state index contributed by atoms with van der Waals surface area (Å²) in [6.07, 6.45) is 4.52. The molecule has 2 rings (SSSR count). The molecule has 2 aliphatic rings. The Balaban J connectivity index is 2.14. The first kappa shape index (κ1) is 27.2. The summed E-state index contributed by atoms with van der Waals surface area (Å²) in [5, 5.41) is 5.37. The van der Waals surface area contributed by atoms with Gasteiger partial charge in [-0.05, 0) is 48.3 Å². The van der Waals surface area contributed by atoms with E-state index < -0.39 is 23.8 Å². The van der Waals surface area contributed by atoms with Crippen LogP contribution in [0, 0.1) is 34.5 Å². The van der Waals surface area contributed by atoms with E-state index in [1.54, 1.807) is 0 Å². The van der Waals surface area contributed by atoms with Crippen molar-refractivity contribution in [2.24, 2.45) is 40.2 Å². The number of nitrogens with one attached hydrogen (secondary N) is 2. The maximum Gasteiger partial charge on any atom is 0.289 e. The van der Waals surface area contributed by atoms with E-state index in [2.05, 4.69) is 31.1 Å². The van der Waals surface area contributed by atoms with Crippen molar-refractivity contribution in [3.05, 3.63) is 12.7 Å². The quantitative estimate of drug-likeness (QED) is 0.341. The summed E-state index contributed by atoms with van der Waals surface area (Å²) >= 11 is 0. The maximum atomic E-state index is 13.4. The van der Waals surface area contributed by atoms with Crippen LogP contribution in [0.15, 0.2) is 12.7 Å². The van der Waals surface area contributed by atoms with Crippen LogP contribution in [-0.2, 0) is 19.2 Å². The lowest BCUT2D eigenvalue weighted by Crippen LogP contribution is -2.49. The van der Waals surface area contributed by atoms with Gasteiger partial charge in [0.25, 0.3) is 5.91 Å². The predicted octanol–water partition coefficient (Wildman–Crippen LogP) is 2.77. The van der Waals surface area contributed by atoms with Gasteiger partial charge in [0.15, 0.2) is 5.78 Å². The van der Waals surface area contributed by atoms with Gasteiger partial charge in [-0.3, -0.25) is 19.2 Å². The molecule has 186 valence electrons. The highest BCUT2D eigenvalue weighted by Crippen LogP contribution is 2.66. The Morgan fingerprint density at radius 2 is 1.82 bits per heavy atom. The Morgan fingerprint density at radius 3 is 2.36 bits per heavy atom. The second kappa shape index (κ2) is 10.5. The molecule has 0 aromatic carbocycles. The van der Waals surface area contributed by atoms with Crippen molar-refractivity contribution >= 4 is 23.4 Å². The molecule has 0 heterocycles. The van der Waals surface area contributed by atoms with Crippen LogP contribution >= 0.6 is 0 Å². The van der Waals surface area contributed by atoms with Crippen LogP contribution in [0.1, 0.15) is 73.6 Å². The van der Waals surface area contributed by atoms with E-state index >= 15 is 0 Å². The van der Waals surface area contributed by atoms with E-state index in [0.717, 1.165) is 6.42 Å². The van der Waals surface area contributed by atoms with Crippen molar-refractivity contribution in [3.63, 3.8) is 0 Å². The first-order valence-corrected chi connectivity index (χ1v) is 12.3. The summed E-state index contributed by atoms with van der Waals surface area (Å²) in [6.45, 7) is 15.9. The lowest BCUT2D eigenvalue weighted by atomic mass is 9.77. The van der Waals surface area contributed by atoms with Crippen LogP contribution in [0.3, 0.4) is 0 Å². The van der Waals surface area contributed by atoms with E-state index in [1.165, 1.54) is 6.08 Å². The monoisotopic (exact) mass is 461 g/mol. The molecule has 0 aliphatic heterocycles. The molecule has 0 saturated heterocycles. The minimum absolute atomic E-state index is 0.0433. The average Bonchev–Trinajstić information content (AvgIpc) is 3.35. The average molecular weight is 462 g/mol. The second-order valence-electron chi connectivity index (χ2n) is 11.5. The summed E-state index contributed by atoms with van der Waals surface area (Å²) in [4.78, 5) is 51.3. The van der Waals surface area contributed by atoms with Gasteiger partial charge < -0.3 is 16.4 Å². The summed E-state index contributed by atoms with van der Waals surface area (Å²) in [5.41, 5.74) is 5.93. The zero-order valence-corrected chi connectivity index (χ0v) is 21.2. The number of carbonyl (C=O) groups is 4. The fraction of sp³-hybridized carbons (Fsp3) is 0.769. The Kier molecular flexibility index (Phi) is 8.66. The molecule has 4 N–H and O–H groups in total. The summed E-state index contributed by atoms with van der Waals surface area (Å²) in [6, 6.07) is -1.38. The van der Waals surface area contributed by atoms with Crippen LogP contribution in [0.4, 0.5) is 0 Å². The van der Waals surface area contributed by atoms with E-state index in [4.69, 9.17) is 5.73 Å². The van der Waals surface area contributed by atoms with Crippen LogP contribution in [0.5, 0.6) is 0 Å². The maximum absolute atomic E-state index is 13.4. The summed E-state index contributed by atoms with van der Waals surface area (Å²) in [5.74, 6) is -1.44. The molecule has 6 atom stereocenters. The zero-order valence-electron chi connectivity index (χ0n) is 21.2. The third-order valence-electron chi connectivity index (χ3n) is 7.76. The highest BCUT2D eigenvalue weighted by molar-refractivity contribution is 6.38. The number of hydrogen-bond acceptors (Lipinski definition) is 5. The lowest BCUT2D eigenvalue weighted by molar-refractivity contribution is -0.140. The highest BCUT2D eigenvalue weighted by Gasteiger charge is 2.63. The Labute approximate surface area is 198 Å². The second-order valence-corrected chi connectivity index (χ2v) is 11.5. The molecular formula is C26H43N3O4. The van der Waals surface area contributed by atoms with Gasteiger partial charge in [0.05, 0.1) is 12.1 Å². The van der Waals surface area contributed by atoms with Gasteiger partial charge in [-0.1, -0.05) is 54.0 Å². The number of nitrogens with two attached hydrogens (primary N) is 1. The van der Waals surface area contributed by atoms with E-state index in [1.807, 2.05) is 27.7 Å². The Hall–Kier alpha value is -2.02. The molecule has 2 aliphatic carbocycles. The van der Waals surface area contributed by atoms with Crippen LogP contribution < -0.4 is 16.4 Å². The molecule has 2 saturated carbocycles. The van der Waals surface area contributed by atoms with Gasteiger partial charge >= 0.3 is 0 Å². The number of hydrogen-bond donors (Lipinski definition) is 3. The van der Waals surface area contributed by atoms with Gasteiger partial charge in [-0.25, -0.2) is 0 Å². The first-order chi connectivity index (χ1) is 15.3. The Bertz CT molecular complexity index is 783. The smallest absolute Gasteiger partial charge is 0.289 e. The SMILES string of the molecule is C=CCNC(=O)C(=O)C(CCC)NC(=O)[C@H]1CC[C@H](C(=O)[C@@H](N)C(C)(C)C)C[C@H]2[C@@H]1C2(C)C. The van der Waals surface area contributed by atoms with Crippen LogP contribution in [0.25, 0.3) is 0 Å². The van der Waals surface area contributed by atoms with Gasteiger partial charge in [-0.15, -0.1) is 6.58 Å². The van der Waals surface area contributed by atoms with Gasteiger partial charge in [0, 0.05) is 18.4 Å². The number of rotatable bonds is 10. The number of carbonyl (C=O) groups excluding carboxylic acids is 4. The molecule has 0 spiro atoms. The van der Waals surface area contributed by atoms with Crippen molar-refractivity contribution in [2.75, 3.05) is 6.54 Å². The molecule has 0 radical (unpaired) electrons. The normalized spacial score (nSPS) is 27.8. The molecule has 0 aromatic rings. The molecule has 1 unspecified atom stereocenters. The third kappa shape index (κ3) is 6.11. The minimum atomic E-state index is -0.845. The number of fused-ring (bicyclic) bond motifs is 1. The first-order valence-electron chi connectivity index (χ1n) is 12.3. The Morgan fingerprint density at radius 1 is 1.18 bits per heavy atom. The molecule has 2 fully saturated rings. The van der Waals surface area contributed by atoms with E-state index in [9.17, 15) is 19.2 Å². The topological polar surface area (TPSA) is 118 Å². The fourth-order valence-electron chi connectivity index (χ4n) is 5.50. The third-order valence-corrected chi connectivity index (χ3v) is 7.76. The summed E-state index contributed by atoms with van der Waals surface area (Å²) in [7, 11) is 0. The van der Waals surface area contributed by atoms with Crippen LogP contribution in [0.2, 0.25) is 0 Å². The minimum Gasteiger partial charge on any atom is -0.346 e.